The molecule has 0 aliphatic heterocycles. The summed E-state index contributed by atoms with van der Waals surface area (Å²) in [5, 5.41) is 11.4. The molecule has 0 aliphatic carbocycles. The van der Waals surface area contributed by atoms with Gasteiger partial charge in [-0.1, -0.05) is 23.1 Å². The van der Waals surface area contributed by atoms with Gasteiger partial charge in [-0.25, -0.2) is 13.4 Å². The summed E-state index contributed by atoms with van der Waals surface area (Å²) in [6, 6.07) is 12.1. The van der Waals surface area contributed by atoms with E-state index in [2.05, 4.69) is 25.2 Å². The second-order valence-corrected chi connectivity index (χ2v) is 10.4. The molecule has 0 bridgehead atoms. The Bertz CT molecular complexity index is 1380. The van der Waals surface area contributed by atoms with Crippen LogP contribution in [-0.4, -0.2) is 48.1 Å². The van der Waals surface area contributed by atoms with Gasteiger partial charge in [0.15, 0.2) is 5.13 Å². The Morgan fingerprint density at radius 3 is 2.70 bits per heavy atom. The number of carbonyl (C=O) groups excluding carboxylic acids is 1. The molecule has 1 amide bonds. The van der Waals surface area contributed by atoms with Gasteiger partial charge in [0.2, 0.25) is 21.8 Å². The lowest BCUT2D eigenvalue weighted by molar-refractivity contribution is -0.113. The largest absolute Gasteiger partial charge is 0.494 e. The lowest BCUT2D eigenvalue weighted by Crippen LogP contribution is -2.13. The minimum atomic E-state index is -3.35. The summed E-state index contributed by atoms with van der Waals surface area (Å²) in [5.74, 6) is 0.842. The van der Waals surface area contributed by atoms with E-state index < -0.39 is 10.0 Å². The van der Waals surface area contributed by atoms with Crippen LogP contribution in [0.15, 0.2) is 52.1 Å². The Kier molecular flexibility index (Phi) is 6.81. The molecule has 172 valence electrons. The fourth-order valence-electron chi connectivity index (χ4n) is 2.78. The molecule has 2 aromatic heterocycles. The molecule has 2 aromatic carbocycles. The first-order chi connectivity index (χ1) is 15.8. The van der Waals surface area contributed by atoms with Crippen molar-refractivity contribution in [1.29, 1.82) is 0 Å². The van der Waals surface area contributed by atoms with Crippen molar-refractivity contribution in [1.82, 2.24) is 15.2 Å². The maximum Gasteiger partial charge on any atom is 0.277 e. The molecule has 0 aliphatic rings. The number of nitrogens with zero attached hydrogens (tertiary/aromatic N) is 3. The highest BCUT2D eigenvalue weighted by atomic mass is 32.2. The van der Waals surface area contributed by atoms with Crippen LogP contribution in [0.2, 0.25) is 0 Å². The molecule has 33 heavy (non-hydrogen) atoms. The van der Waals surface area contributed by atoms with Gasteiger partial charge in [0.1, 0.15) is 5.75 Å². The summed E-state index contributed by atoms with van der Waals surface area (Å²) in [4.78, 5) is 16.7. The molecule has 0 fully saturated rings. The van der Waals surface area contributed by atoms with Crippen molar-refractivity contribution in [3.8, 4) is 17.2 Å². The van der Waals surface area contributed by atoms with Crippen LogP contribution >= 0.6 is 23.1 Å². The summed E-state index contributed by atoms with van der Waals surface area (Å²) in [7, 11) is -3.35. The van der Waals surface area contributed by atoms with Gasteiger partial charge in [0, 0.05) is 11.3 Å². The highest BCUT2D eigenvalue weighted by molar-refractivity contribution is 7.99. The number of ether oxygens (including phenoxy) is 1. The number of nitrogens with one attached hydrogen (secondary N) is 2. The summed E-state index contributed by atoms with van der Waals surface area (Å²) in [6.07, 6.45) is 1.08. The van der Waals surface area contributed by atoms with Crippen molar-refractivity contribution in [3.63, 3.8) is 0 Å². The predicted molar refractivity (Wildman–Crippen MR) is 128 cm³/mol. The fourth-order valence-corrected chi connectivity index (χ4v) is 4.82. The third-order valence-corrected chi connectivity index (χ3v) is 6.44. The number of anilines is 2. The smallest absolute Gasteiger partial charge is 0.277 e. The van der Waals surface area contributed by atoms with Crippen LogP contribution in [0.1, 0.15) is 6.92 Å². The summed E-state index contributed by atoms with van der Waals surface area (Å²) in [6.45, 7) is 2.50. The molecule has 0 unspecified atom stereocenters. The van der Waals surface area contributed by atoms with Crippen molar-refractivity contribution in [2.75, 3.05) is 28.7 Å². The molecule has 4 aromatic rings. The highest BCUT2D eigenvalue weighted by Crippen LogP contribution is 2.30. The molecule has 13 heteroatoms. The third kappa shape index (κ3) is 6.21. The normalized spacial score (nSPS) is 11.5. The number of aromatic nitrogens is 3. The van der Waals surface area contributed by atoms with Gasteiger partial charge in [-0.3, -0.25) is 9.52 Å². The van der Waals surface area contributed by atoms with Crippen molar-refractivity contribution >= 4 is 60.1 Å². The second-order valence-electron chi connectivity index (χ2n) is 6.74. The molecule has 0 radical (unpaired) electrons. The number of benzene rings is 2. The Labute approximate surface area is 197 Å². The third-order valence-electron chi connectivity index (χ3n) is 4.09. The highest BCUT2D eigenvalue weighted by Gasteiger charge is 2.13. The summed E-state index contributed by atoms with van der Waals surface area (Å²) in [5.41, 5.74) is 1.83. The Morgan fingerprint density at radius 2 is 1.97 bits per heavy atom. The first kappa shape index (κ1) is 23.0. The van der Waals surface area contributed by atoms with Gasteiger partial charge < -0.3 is 14.5 Å². The van der Waals surface area contributed by atoms with Gasteiger partial charge in [-0.15, -0.1) is 10.2 Å². The second kappa shape index (κ2) is 9.77. The number of thioether (sulfide) groups is 1. The van der Waals surface area contributed by atoms with E-state index in [1.54, 1.807) is 24.3 Å². The number of amides is 1. The number of sulfonamides is 1. The Balaban J connectivity index is 1.33. The van der Waals surface area contributed by atoms with E-state index in [0.29, 0.717) is 23.0 Å². The van der Waals surface area contributed by atoms with E-state index in [1.807, 2.05) is 25.1 Å². The first-order valence-electron chi connectivity index (χ1n) is 9.67. The zero-order chi connectivity index (χ0) is 23.4. The molecule has 0 saturated carbocycles. The average molecular weight is 506 g/mol. The van der Waals surface area contributed by atoms with E-state index in [1.165, 1.54) is 11.3 Å². The van der Waals surface area contributed by atoms with Gasteiger partial charge in [0.05, 0.1) is 28.8 Å². The van der Waals surface area contributed by atoms with Crippen LogP contribution in [0, 0.1) is 0 Å². The first-order valence-corrected chi connectivity index (χ1v) is 13.4. The van der Waals surface area contributed by atoms with Crippen LogP contribution in [-0.2, 0) is 14.8 Å². The van der Waals surface area contributed by atoms with Gasteiger partial charge in [-0.2, -0.15) is 0 Å². The van der Waals surface area contributed by atoms with Crippen LogP contribution < -0.4 is 14.8 Å². The average Bonchev–Trinajstić information content (AvgIpc) is 3.38. The van der Waals surface area contributed by atoms with Gasteiger partial charge >= 0.3 is 0 Å². The zero-order valence-corrected chi connectivity index (χ0v) is 20.0. The summed E-state index contributed by atoms with van der Waals surface area (Å²) < 4.78 is 37.0. The molecule has 10 nitrogen and oxygen atoms in total. The number of hydrogen-bond donors (Lipinski definition) is 2. The lowest BCUT2D eigenvalue weighted by Gasteiger charge is -2.03. The zero-order valence-electron chi connectivity index (χ0n) is 17.6. The molecule has 2 heterocycles. The molecule has 4 rings (SSSR count). The molecule has 0 spiro atoms. The number of rotatable bonds is 9. The molecule has 0 saturated heterocycles. The molecular weight excluding hydrogens is 486 g/mol. The number of fused-ring (bicyclic) bond motifs is 1. The quantitative estimate of drug-likeness (QED) is 0.325. The van der Waals surface area contributed by atoms with E-state index in [0.717, 1.165) is 34.0 Å². The summed E-state index contributed by atoms with van der Waals surface area (Å²) >= 11 is 2.47. The maximum atomic E-state index is 12.3. The van der Waals surface area contributed by atoms with Gasteiger partial charge in [0.25, 0.3) is 5.22 Å². The predicted octanol–water partition coefficient (Wildman–Crippen LogP) is 3.85. The Morgan fingerprint density at radius 1 is 1.18 bits per heavy atom. The topological polar surface area (TPSA) is 136 Å². The monoisotopic (exact) mass is 505 g/mol. The Hall–Kier alpha value is -3.16. The van der Waals surface area contributed by atoms with Crippen molar-refractivity contribution in [2.45, 2.75) is 12.1 Å². The van der Waals surface area contributed by atoms with Crippen LogP contribution in [0.4, 0.5) is 10.8 Å². The fraction of sp³-hybridized carbons (Fsp3) is 0.200. The van der Waals surface area contributed by atoms with Crippen LogP contribution in [0.5, 0.6) is 5.75 Å². The van der Waals surface area contributed by atoms with Crippen molar-refractivity contribution < 1.29 is 22.4 Å². The molecule has 2 N–H and O–H groups in total. The van der Waals surface area contributed by atoms with E-state index in [-0.39, 0.29) is 22.8 Å². The van der Waals surface area contributed by atoms with Crippen LogP contribution in [0.25, 0.3) is 21.7 Å². The number of thiazole rings is 1. The number of carbonyl (C=O) groups is 1. The minimum absolute atomic E-state index is 0.0684. The number of hydrogen-bond acceptors (Lipinski definition) is 10. The van der Waals surface area contributed by atoms with Crippen molar-refractivity contribution in [3.05, 3.63) is 42.5 Å². The lowest BCUT2D eigenvalue weighted by atomic mass is 10.2. The standard InChI is InChI=1S/C20H19N5O5S3/c1-3-29-14-8-9-15-16(10-14)32-19(21-15)22-17(26)11-31-20-24-23-18(30-20)12-4-6-13(7-5-12)25-33(2,27)28/h4-10,25H,3,11H2,1-2H3,(H,21,22,26). The minimum Gasteiger partial charge on any atom is -0.494 e. The SMILES string of the molecule is CCOc1ccc2nc(NC(=O)CSc3nnc(-c4ccc(NS(C)(=O)=O)cc4)o3)sc2c1. The van der Waals surface area contributed by atoms with E-state index in [9.17, 15) is 13.2 Å². The van der Waals surface area contributed by atoms with E-state index in [4.69, 9.17) is 9.15 Å². The van der Waals surface area contributed by atoms with E-state index >= 15 is 0 Å². The van der Waals surface area contributed by atoms with Crippen LogP contribution in [0.3, 0.4) is 0 Å². The van der Waals surface area contributed by atoms with Crippen molar-refractivity contribution in [2.24, 2.45) is 0 Å². The molecule has 0 atom stereocenters. The molecular formula is C20H19N5O5S3. The van der Waals surface area contributed by atoms with Gasteiger partial charge in [-0.05, 0) is 49.4 Å². The maximum absolute atomic E-state index is 12.3.